The van der Waals surface area contributed by atoms with Crippen LogP contribution in [0.1, 0.15) is 12.0 Å². The van der Waals surface area contributed by atoms with Gasteiger partial charge in [0.15, 0.2) is 16.4 Å². The minimum absolute atomic E-state index is 0.0208. The third-order valence-corrected chi connectivity index (χ3v) is 5.43. The molecule has 1 fully saturated rings. The summed E-state index contributed by atoms with van der Waals surface area (Å²) in [5.74, 6) is 0.444. The van der Waals surface area contributed by atoms with E-state index in [4.69, 9.17) is 4.74 Å². The molecule has 1 saturated heterocycles. The van der Waals surface area contributed by atoms with Gasteiger partial charge in [-0.2, -0.15) is 0 Å². The maximum Gasteiger partial charge on any atom is 0.258 e. The number of sulfone groups is 1. The second-order valence-corrected chi connectivity index (χ2v) is 7.97. The molecule has 7 heteroatoms. The average molecular weight is 362 g/mol. The molecule has 110 valence electrons. The van der Waals surface area contributed by atoms with E-state index in [1.165, 1.54) is 0 Å². The molecular formula is C13H16BrNO4S. The van der Waals surface area contributed by atoms with Gasteiger partial charge in [-0.25, -0.2) is 8.42 Å². The Bertz CT molecular complexity index is 615. The smallest absolute Gasteiger partial charge is 0.258 e. The SMILES string of the molecule is Cc1ccc(OCC(=O)NC2CCS(=O)(=O)C2)c(Br)c1. The molecule has 1 aromatic carbocycles. The maximum atomic E-state index is 11.7. The van der Waals surface area contributed by atoms with Crippen LogP contribution in [0.5, 0.6) is 5.75 Å². The van der Waals surface area contributed by atoms with Crippen LogP contribution in [0.15, 0.2) is 22.7 Å². The van der Waals surface area contributed by atoms with Gasteiger partial charge < -0.3 is 10.1 Å². The average Bonchev–Trinajstić information content (AvgIpc) is 2.67. The normalized spacial score (nSPS) is 20.6. The van der Waals surface area contributed by atoms with E-state index in [1.54, 1.807) is 6.07 Å². The van der Waals surface area contributed by atoms with Crippen LogP contribution in [-0.2, 0) is 14.6 Å². The standard InChI is InChI=1S/C13H16BrNO4S/c1-9-2-3-12(11(14)6-9)19-7-13(16)15-10-4-5-20(17,18)8-10/h2-3,6,10H,4-5,7-8H2,1H3,(H,15,16). The van der Waals surface area contributed by atoms with Gasteiger partial charge in [0.1, 0.15) is 5.75 Å². The van der Waals surface area contributed by atoms with Crippen LogP contribution in [0, 0.1) is 6.92 Å². The predicted molar refractivity (Wildman–Crippen MR) is 79.6 cm³/mol. The van der Waals surface area contributed by atoms with Crippen LogP contribution in [0.25, 0.3) is 0 Å². The Morgan fingerprint density at radius 3 is 2.85 bits per heavy atom. The summed E-state index contributed by atoms with van der Waals surface area (Å²) in [5, 5.41) is 2.68. The molecular weight excluding hydrogens is 346 g/mol. The highest BCUT2D eigenvalue weighted by atomic mass is 79.9. The number of carbonyl (C=O) groups excluding carboxylic acids is 1. The molecule has 1 aliphatic rings. The van der Waals surface area contributed by atoms with Crippen molar-refractivity contribution in [2.75, 3.05) is 18.1 Å². The lowest BCUT2D eigenvalue weighted by Gasteiger charge is -2.12. The van der Waals surface area contributed by atoms with E-state index in [1.807, 2.05) is 19.1 Å². The summed E-state index contributed by atoms with van der Waals surface area (Å²) in [7, 11) is -2.98. The lowest BCUT2D eigenvalue weighted by Crippen LogP contribution is -2.38. The summed E-state index contributed by atoms with van der Waals surface area (Å²) in [6.45, 7) is 1.83. The summed E-state index contributed by atoms with van der Waals surface area (Å²) in [6.07, 6.45) is 0.475. The zero-order chi connectivity index (χ0) is 14.8. The lowest BCUT2D eigenvalue weighted by molar-refractivity contribution is -0.123. The van der Waals surface area contributed by atoms with Crippen LogP contribution in [-0.4, -0.2) is 38.5 Å². The number of benzene rings is 1. The van der Waals surface area contributed by atoms with E-state index in [0.29, 0.717) is 12.2 Å². The van der Waals surface area contributed by atoms with E-state index in [9.17, 15) is 13.2 Å². The quantitative estimate of drug-likeness (QED) is 0.880. The van der Waals surface area contributed by atoms with Crippen LogP contribution >= 0.6 is 15.9 Å². The Labute approximate surface area is 126 Å². The second-order valence-electron chi connectivity index (χ2n) is 4.89. The van der Waals surface area contributed by atoms with Gasteiger partial charge in [0, 0.05) is 6.04 Å². The molecule has 0 aliphatic carbocycles. The minimum atomic E-state index is -2.98. The van der Waals surface area contributed by atoms with Crippen LogP contribution in [0.3, 0.4) is 0 Å². The first-order valence-corrected chi connectivity index (χ1v) is 8.86. The highest BCUT2D eigenvalue weighted by molar-refractivity contribution is 9.10. The lowest BCUT2D eigenvalue weighted by atomic mass is 10.2. The van der Waals surface area contributed by atoms with Crippen molar-refractivity contribution in [1.82, 2.24) is 5.32 Å². The number of rotatable bonds is 4. The Kier molecular flexibility index (Phi) is 4.70. The molecule has 1 unspecified atom stereocenters. The van der Waals surface area contributed by atoms with Gasteiger partial charge >= 0.3 is 0 Å². The molecule has 1 N–H and O–H groups in total. The zero-order valence-corrected chi connectivity index (χ0v) is 13.5. The number of hydrogen-bond donors (Lipinski definition) is 1. The molecule has 1 amide bonds. The maximum absolute atomic E-state index is 11.7. The first kappa shape index (κ1) is 15.3. The second kappa shape index (κ2) is 6.13. The van der Waals surface area contributed by atoms with Crippen LogP contribution in [0.2, 0.25) is 0 Å². The van der Waals surface area contributed by atoms with Gasteiger partial charge in [0.05, 0.1) is 16.0 Å². The predicted octanol–water partition coefficient (Wildman–Crippen LogP) is 1.44. The van der Waals surface area contributed by atoms with Crippen molar-refractivity contribution in [3.05, 3.63) is 28.2 Å². The fourth-order valence-electron chi connectivity index (χ4n) is 2.04. The molecule has 2 rings (SSSR count). The number of halogens is 1. The fraction of sp³-hybridized carbons (Fsp3) is 0.462. The van der Waals surface area contributed by atoms with Gasteiger partial charge in [0.25, 0.3) is 5.91 Å². The zero-order valence-electron chi connectivity index (χ0n) is 11.1. The Morgan fingerprint density at radius 1 is 1.50 bits per heavy atom. The molecule has 5 nitrogen and oxygen atoms in total. The summed E-state index contributed by atoms with van der Waals surface area (Å²) in [5.41, 5.74) is 1.09. The van der Waals surface area contributed by atoms with E-state index in [-0.39, 0.29) is 30.1 Å². The van der Waals surface area contributed by atoms with Gasteiger partial charge in [-0.1, -0.05) is 6.07 Å². The molecule has 1 aromatic rings. The summed E-state index contributed by atoms with van der Waals surface area (Å²) >= 11 is 3.36. The van der Waals surface area contributed by atoms with Crippen LogP contribution in [0.4, 0.5) is 0 Å². The van der Waals surface area contributed by atoms with E-state index in [2.05, 4.69) is 21.2 Å². The summed E-state index contributed by atoms with van der Waals surface area (Å²) < 4.78 is 28.8. The molecule has 20 heavy (non-hydrogen) atoms. The monoisotopic (exact) mass is 361 g/mol. The highest BCUT2D eigenvalue weighted by Crippen LogP contribution is 2.25. The molecule has 0 spiro atoms. The highest BCUT2D eigenvalue weighted by Gasteiger charge is 2.28. The van der Waals surface area contributed by atoms with Crippen molar-refractivity contribution >= 4 is 31.7 Å². The van der Waals surface area contributed by atoms with Gasteiger partial charge in [-0.3, -0.25) is 4.79 Å². The van der Waals surface area contributed by atoms with E-state index in [0.717, 1.165) is 10.0 Å². The van der Waals surface area contributed by atoms with Crippen molar-refractivity contribution in [1.29, 1.82) is 0 Å². The van der Waals surface area contributed by atoms with E-state index >= 15 is 0 Å². The Balaban J connectivity index is 1.84. The Morgan fingerprint density at radius 2 is 2.25 bits per heavy atom. The number of aryl methyl sites for hydroxylation is 1. The fourth-order valence-corrected chi connectivity index (χ4v) is 4.33. The number of hydrogen-bond acceptors (Lipinski definition) is 4. The molecule has 0 aromatic heterocycles. The van der Waals surface area contributed by atoms with Gasteiger partial charge in [-0.05, 0) is 47.0 Å². The third-order valence-electron chi connectivity index (χ3n) is 3.04. The van der Waals surface area contributed by atoms with Crippen molar-refractivity contribution in [3.8, 4) is 5.75 Å². The van der Waals surface area contributed by atoms with Crippen molar-refractivity contribution in [3.63, 3.8) is 0 Å². The molecule has 0 bridgehead atoms. The molecule has 1 atom stereocenters. The van der Waals surface area contributed by atoms with E-state index < -0.39 is 9.84 Å². The largest absolute Gasteiger partial charge is 0.483 e. The Hall–Kier alpha value is -1.08. The third kappa shape index (κ3) is 4.21. The van der Waals surface area contributed by atoms with Crippen molar-refractivity contribution in [2.24, 2.45) is 0 Å². The first-order chi connectivity index (χ1) is 9.35. The molecule has 0 saturated carbocycles. The number of carbonyl (C=O) groups is 1. The molecule has 0 radical (unpaired) electrons. The summed E-state index contributed by atoms with van der Waals surface area (Å²) in [6, 6.07) is 5.28. The molecule has 1 aliphatic heterocycles. The van der Waals surface area contributed by atoms with Gasteiger partial charge in [0.2, 0.25) is 0 Å². The molecule has 1 heterocycles. The first-order valence-electron chi connectivity index (χ1n) is 6.24. The minimum Gasteiger partial charge on any atom is -0.483 e. The van der Waals surface area contributed by atoms with Crippen molar-refractivity contribution in [2.45, 2.75) is 19.4 Å². The summed E-state index contributed by atoms with van der Waals surface area (Å²) in [4.78, 5) is 11.7. The number of amides is 1. The van der Waals surface area contributed by atoms with Crippen LogP contribution < -0.4 is 10.1 Å². The van der Waals surface area contributed by atoms with Gasteiger partial charge in [-0.15, -0.1) is 0 Å². The topological polar surface area (TPSA) is 72.5 Å². The number of nitrogens with one attached hydrogen (secondary N) is 1. The number of ether oxygens (including phenoxy) is 1. The van der Waals surface area contributed by atoms with Crippen molar-refractivity contribution < 1.29 is 17.9 Å².